The van der Waals surface area contributed by atoms with Crippen molar-refractivity contribution in [1.82, 2.24) is 0 Å². The Morgan fingerprint density at radius 1 is 0.917 bits per heavy atom. The highest BCUT2D eigenvalue weighted by Gasteiger charge is 2.47. The molecule has 1 fully saturated rings. The molecule has 36 heavy (non-hydrogen) atoms. The zero-order valence-electron chi connectivity index (χ0n) is 21.1. The highest BCUT2D eigenvalue weighted by atomic mass is 16.5. The number of aryl methyl sites for hydroxylation is 2. The molecule has 0 bridgehead atoms. The van der Waals surface area contributed by atoms with Crippen molar-refractivity contribution in [2.75, 3.05) is 18.1 Å². The summed E-state index contributed by atoms with van der Waals surface area (Å²) in [6.07, 6.45) is 0.881. The smallest absolute Gasteiger partial charge is 0.300 e. The van der Waals surface area contributed by atoms with Crippen LogP contribution in [0.2, 0.25) is 0 Å². The van der Waals surface area contributed by atoms with Crippen molar-refractivity contribution < 1.29 is 24.2 Å². The zero-order chi connectivity index (χ0) is 25.8. The van der Waals surface area contributed by atoms with Crippen LogP contribution in [0.15, 0.2) is 72.3 Å². The van der Waals surface area contributed by atoms with Gasteiger partial charge in [-0.05, 0) is 80.3 Å². The minimum absolute atomic E-state index is 0.0500. The maximum Gasteiger partial charge on any atom is 0.300 e. The minimum Gasteiger partial charge on any atom is -0.507 e. The summed E-state index contributed by atoms with van der Waals surface area (Å²) < 4.78 is 11.3. The van der Waals surface area contributed by atoms with Gasteiger partial charge < -0.3 is 14.6 Å². The topological polar surface area (TPSA) is 76.1 Å². The molecule has 0 aliphatic carbocycles. The van der Waals surface area contributed by atoms with Gasteiger partial charge in [-0.3, -0.25) is 14.5 Å². The molecule has 1 saturated heterocycles. The van der Waals surface area contributed by atoms with Gasteiger partial charge in [-0.1, -0.05) is 37.3 Å². The Balaban J connectivity index is 1.87. The van der Waals surface area contributed by atoms with E-state index in [-0.39, 0.29) is 11.3 Å². The molecule has 3 aromatic rings. The predicted molar refractivity (Wildman–Crippen MR) is 141 cm³/mol. The quantitative estimate of drug-likeness (QED) is 0.236. The predicted octanol–water partition coefficient (Wildman–Crippen LogP) is 6.12. The lowest BCUT2D eigenvalue weighted by atomic mass is 9.94. The summed E-state index contributed by atoms with van der Waals surface area (Å²) >= 11 is 0. The molecule has 1 heterocycles. The van der Waals surface area contributed by atoms with E-state index in [4.69, 9.17) is 9.47 Å². The molecule has 4 rings (SSSR count). The number of rotatable bonds is 8. The van der Waals surface area contributed by atoms with Gasteiger partial charge in [-0.2, -0.15) is 0 Å². The maximum absolute atomic E-state index is 13.4. The van der Waals surface area contributed by atoms with E-state index in [9.17, 15) is 14.7 Å². The number of aliphatic hydroxyl groups is 1. The first-order valence-electron chi connectivity index (χ1n) is 12.2. The summed E-state index contributed by atoms with van der Waals surface area (Å²) in [4.78, 5) is 28.3. The molecule has 1 amide bonds. The van der Waals surface area contributed by atoms with E-state index in [1.165, 1.54) is 4.90 Å². The van der Waals surface area contributed by atoms with E-state index >= 15 is 0 Å². The first-order valence-corrected chi connectivity index (χ1v) is 12.2. The number of nitrogens with zero attached hydrogens (tertiary/aromatic N) is 1. The standard InChI is InChI=1S/C30H31NO5/c1-5-17-36-25-16-13-22(18-20(25)4)28(32)26-27(21-11-14-23(15-12-21)35-6-2)31(30(34)29(26)33)24-10-8-7-9-19(24)3/h7-16,18,27,32H,5-6,17H2,1-4H3/b28-26-. The molecule has 6 nitrogen and oxygen atoms in total. The molecule has 1 unspecified atom stereocenters. The van der Waals surface area contributed by atoms with Crippen LogP contribution in [0.4, 0.5) is 5.69 Å². The van der Waals surface area contributed by atoms with Crippen LogP contribution in [-0.2, 0) is 9.59 Å². The van der Waals surface area contributed by atoms with E-state index in [0.29, 0.717) is 35.8 Å². The summed E-state index contributed by atoms with van der Waals surface area (Å²) in [6.45, 7) is 8.83. The van der Waals surface area contributed by atoms with Gasteiger partial charge in [0.25, 0.3) is 11.7 Å². The van der Waals surface area contributed by atoms with Crippen LogP contribution in [0.5, 0.6) is 11.5 Å². The van der Waals surface area contributed by atoms with Gasteiger partial charge in [-0.15, -0.1) is 0 Å². The molecule has 1 aliphatic rings. The number of Topliss-reactive ketones (excluding diaryl/α,β-unsaturated/α-hetero) is 1. The van der Waals surface area contributed by atoms with E-state index in [1.807, 2.05) is 64.1 Å². The molecule has 0 spiro atoms. The average molecular weight is 486 g/mol. The third kappa shape index (κ3) is 4.71. The number of para-hydroxylation sites is 1. The van der Waals surface area contributed by atoms with Gasteiger partial charge in [0.05, 0.1) is 24.8 Å². The zero-order valence-corrected chi connectivity index (χ0v) is 21.1. The highest BCUT2D eigenvalue weighted by Crippen LogP contribution is 2.43. The summed E-state index contributed by atoms with van der Waals surface area (Å²) in [6, 6.07) is 19.2. The maximum atomic E-state index is 13.4. The number of carbonyl (C=O) groups excluding carboxylic acids is 2. The molecule has 0 aromatic heterocycles. The van der Waals surface area contributed by atoms with Crippen LogP contribution < -0.4 is 14.4 Å². The molecule has 0 saturated carbocycles. The summed E-state index contributed by atoms with van der Waals surface area (Å²) in [5.41, 5.74) is 3.50. The van der Waals surface area contributed by atoms with Crippen LogP contribution >= 0.6 is 0 Å². The third-order valence-corrected chi connectivity index (χ3v) is 6.24. The highest BCUT2D eigenvalue weighted by molar-refractivity contribution is 6.51. The minimum atomic E-state index is -0.793. The van der Waals surface area contributed by atoms with Crippen molar-refractivity contribution in [3.63, 3.8) is 0 Å². The fraction of sp³-hybridized carbons (Fsp3) is 0.267. The normalized spacial score (nSPS) is 16.9. The Kier molecular flexibility index (Phi) is 7.44. The van der Waals surface area contributed by atoms with Crippen LogP contribution in [0, 0.1) is 13.8 Å². The lowest BCUT2D eigenvalue weighted by molar-refractivity contribution is -0.132. The largest absolute Gasteiger partial charge is 0.507 e. The Morgan fingerprint density at radius 3 is 2.28 bits per heavy atom. The number of hydrogen-bond acceptors (Lipinski definition) is 5. The molecule has 186 valence electrons. The van der Waals surface area contributed by atoms with Crippen LogP contribution in [0.1, 0.15) is 48.6 Å². The molecule has 6 heteroatoms. The van der Waals surface area contributed by atoms with Gasteiger partial charge in [0.2, 0.25) is 0 Å². The SMILES string of the molecule is CCCOc1ccc(/C(O)=C2/C(=O)C(=O)N(c3ccccc3C)C2c2ccc(OCC)cc2)cc1C. The number of benzene rings is 3. The Morgan fingerprint density at radius 2 is 1.64 bits per heavy atom. The lowest BCUT2D eigenvalue weighted by Gasteiger charge is -2.27. The summed E-state index contributed by atoms with van der Waals surface area (Å²) in [5, 5.41) is 11.4. The van der Waals surface area contributed by atoms with Crippen molar-refractivity contribution in [3.05, 3.63) is 94.6 Å². The van der Waals surface area contributed by atoms with E-state index in [0.717, 1.165) is 23.3 Å². The number of ether oxygens (including phenoxy) is 2. The summed E-state index contributed by atoms with van der Waals surface area (Å²) in [7, 11) is 0. The first kappa shape index (κ1) is 25.0. The Bertz CT molecular complexity index is 1310. The van der Waals surface area contributed by atoms with Gasteiger partial charge >= 0.3 is 0 Å². The molecule has 1 N–H and O–H groups in total. The number of aliphatic hydroxyl groups excluding tert-OH is 1. The van der Waals surface area contributed by atoms with Crippen molar-refractivity contribution >= 4 is 23.1 Å². The fourth-order valence-corrected chi connectivity index (χ4v) is 4.47. The second-order valence-corrected chi connectivity index (χ2v) is 8.79. The van der Waals surface area contributed by atoms with Crippen molar-refractivity contribution in [3.8, 4) is 11.5 Å². The second kappa shape index (κ2) is 10.7. The van der Waals surface area contributed by atoms with Gasteiger partial charge in [-0.25, -0.2) is 0 Å². The molecule has 3 aromatic carbocycles. The van der Waals surface area contributed by atoms with Crippen molar-refractivity contribution in [2.45, 2.75) is 40.2 Å². The van der Waals surface area contributed by atoms with E-state index in [2.05, 4.69) is 0 Å². The molecular weight excluding hydrogens is 454 g/mol. The number of amides is 1. The van der Waals surface area contributed by atoms with Crippen LogP contribution in [0.25, 0.3) is 5.76 Å². The summed E-state index contributed by atoms with van der Waals surface area (Å²) in [5.74, 6) is -0.208. The number of ketones is 1. The first-order chi connectivity index (χ1) is 17.4. The fourth-order valence-electron chi connectivity index (χ4n) is 4.47. The van der Waals surface area contributed by atoms with Gasteiger partial charge in [0.15, 0.2) is 0 Å². The monoisotopic (exact) mass is 485 g/mol. The Labute approximate surface area is 211 Å². The van der Waals surface area contributed by atoms with Gasteiger partial charge in [0, 0.05) is 11.3 Å². The van der Waals surface area contributed by atoms with Gasteiger partial charge in [0.1, 0.15) is 17.3 Å². The number of hydrogen-bond donors (Lipinski definition) is 1. The average Bonchev–Trinajstić information content (AvgIpc) is 3.14. The number of carbonyl (C=O) groups is 2. The van der Waals surface area contributed by atoms with Crippen LogP contribution in [0.3, 0.4) is 0 Å². The molecule has 0 radical (unpaired) electrons. The van der Waals surface area contributed by atoms with Crippen molar-refractivity contribution in [1.29, 1.82) is 0 Å². The van der Waals surface area contributed by atoms with Crippen LogP contribution in [-0.4, -0.2) is 30.0 Å². The van der Waals surface area contributed by atoms with Crippen molar-refractivity contribution in [2.24, 2.45) is 0 Å². The molecule has 1 aliphatic heterocycles. The second-order valence-electron chi connectivity index (χ2n) is 8.79. The third-order valence-electron chi connectivity index (χ3n) is 6.24. The Hall–Kier alpha value is -4.06. The lowest BCUT2D eigenvalue weighted by Crippen LogP contribution is -2.30. The number of anilines is 1. The molecular formula is C30H31NO5. The van der Waals surface area contributed by atoms with E-state index in [1.54, 1.807) is 30.3 Å². The van der Waals surface area contributed by atoms with E-state index < -0.39 is 17.7 Å². The molecule has 1 atom stereocenters.